The van der Waals surface area contributed by atoms with Crippen LogP contribution in [0.2, 0.25) is 0 Å². The number of rotatable bonds is 8. The maximum absolute atomic E-state index is 11.5. The zero-order valence-electron chi connectivity index (χ0n) is 14.6. The molecule has 0 bridgehead atoms. The summed E-state index contributed by atoms with van der Waals surface area (Å²) in [5, 5.41) is 5.98. The van der Waals surface area contributed by atoms with E-state index in [4.69, 9.17) is 14.2 Å². The molecule has 23 heavy (non-hydrogen) atoms. The molecule has 0 aliphatic heterocycles. The summed E-state index contributed by atoms with van der Waals surface area (Å²) in [6, 6.07) is 7.89. The quantitative estimate of drug-likeness (QED) is 0.719. The van der Waals surface area contributed by atoms with Gasteiger partial charge in [-0.2, -0.15) is 0 Å². The monoisotopic (exact) mass is 324 g/mol. The predicted octanol–water partition coefficient (Wildman–Crippen LogP) is 3.04. The van der Waals surface area contributed by atoms with Gasteiger partial charge in [-0.1, -0.05) is 6.07 Å². The molecule has 0 saturated carbocycles. The lowest BCUT2D eigenvalue weighted by atomic mass is 10.2. The van der Waals surface area contributed by atoms with Crippen LogP contribution >= 0.6 is 0 Å². The van der Waals surface area contributed by atoms with Crippen LogP contribution in [0.4, 0.5) is 10.5 Å². The van der Waals surface area contributed by atoms with Crippen molar-refractivity contribution in [2.24, 2.45) is 0 Å². The van der Waals surface area contributed by atoms with Crippen molar-refractivity contribution >= 4 is 11.8 Å². The van der Waals surface area contributed by atoms with Crippen LogP contribution in [0, 0.1) is 0 Å². The van der Waals surface area contributed by atoms with E-state index in [1.54, 1.807) is 7.11 Å². The second-order valence-electron chi connectivity index (χ2n) is 6.31. The van der Waals surface area contributed by atoms with Gasteiger partial charge < -0.3 is 24.8 Å². The highest BCUT2D eigenvalue weighted by atomic mass is 16.6. The van der Waals surface area contributed by atoms with Gasteiger partial charge in [0.25, 0.3) is 0 Å². The Bertz CT molecular complexity index is 486. The molecule has 1 rings (SSSR count). The summed E-state index contributed by atoms with van der Waals surface area (Å²) in [7, 11) is 1.68. The maximum Gasteiger partial charge on any atom is 0.407 e. The zero-order valence-corrected chi connectivity index (χ0v) is 14.6. The Labute approximate surface area is 138 Å². The summed E-state index contributed by atoms with van der Waals surface area (Å²) >= 11 is 0. The molecule has 6 heteroatoms. The fraction of sp³-hybridized carbons (Fsp3) is 0.588. The van der Waals surface area contributed by atoms with E-state index in [1.165, 1.54) is 0 Å². The molecule has 2 N–H and O–H groups in total. The number of anilines is 1. The fourth-order valence-corrected chi connectivity index (χ4v) is 1.89. The standard InChI is InChI=1S/C17H28N2O4/c1-13(12-21-5)19-14-7-6-8-15(11-14)22-10-9-18-16(20)23-17(2,3)4/h6-8,11,13,19H,9-10,12H2,1-5H3,(H,18,20). The highest BCUT2D eigenvalue weighted by molar-refractivity contribution is 5.67. The minimum atomic E-state index is -0.496. The number of benzene rings is 1. The lowest BCUT2D eigenvalue weighted by Crippen LogP contribution is -2.34. The Morgan fingerprint density at radius 2 is 2.04 bits per heavy atom. The van der Waals surface area contributed by atoms with Crippen molar-refractivity contribution < 1.29 is 19.0 Å². The van der Waals surface area contributed by atoms with E-state index >= 15 is 0 Å². The number of nitrogens with one attached hydrogen (secondary N) is 2. The van der Waals surface area contributed by atoms with E-state index in [-0.39, 0.29) is 6.04 Å². The molecule has 1 atom stereocenters. The Balaban J connectivity index is 2.34. The Morgan fingerprint density at radius 3 is 2.70 bits per heavy atom. The van der Waals surface area contributed by atoms with Crippen LogP contribution in [0.25, 0.3) is 0 Å². The number of methoxy groups -OCH3 is 1. The summed E-state index contributed by atoms with van der Waals surface area (Å²) in [6.07, 6.45) is -0.440. The molecule has 0 fully saturated rings. The molecule has 0 aliphatic carbocycles. The van der Waals surface area contributed by atoms with E-state index in [2.05, 4.69) is 10.6 Å². The normalized spacial score (nSPS) is 12.4. The molecule has 0 aliphatic rings. The number of ether oxygens (including phenoxy) is 3. The van der Waals surface area contributed by atoms with E-state index in [9.17, 15) is 4.79 Å². The summed E-state index contributed by atoms with van der Waals surface area (Å²) in [6.45, 7) is 8.90. The van der Waals surface area contributed by atoms with Gasteiger partial charge in [0, 0.05) is 24.9 Å². The van der Waals surface area contributed by atoms with Gasteiger partial charge in [0.15, 0.2) is 0 Å². The second kappa shape index (κ2) is 9.25. The lowest BCUT2D eigenvalue weighted by Gasteiger charge is -2.19. The highest BCUT2D eigenvalue weighted by Gasteiger charge is 2.15. The first-order chi connectivity index (χ1) is 10.8. The zero-order chi connectivity index (χ0) is 17.3. The first-order valence-corrected chi connectivity index (χ1v) is 7.75. The van der Waals surface area contributed by atoms with Crippen molar-refractivity contribution in [1.82, 2.24) is 5.32 Å². The first-order valence-electron chi connectivity index (χ1n) is 7.75. The highest BCUT2D eigenvalue weighted by Crippen LogP contribution is 2.18. The lowest BCUT2D eigenvalue weighted by molar-refractivity contribution is 0.0520. The number of alkyl carbamates (subject to hydrolysis) is 1. The molecule has 1 aromatic carbocycles. The first kappa shape index (κ1) is 19.1. The average molecular weight is 324 g/mol. The molecule has 0 radical (unpaired) electrons. The number of carbonyl (C=O) groups is 1. The van der Waals surface area contributed by atoms with E-state index < -0.39 is 11.7 Å². The van der Waals surface area contributed by atoms with Crippen LogP contribution in [0.15, 0.2) is 24.3 Å². The molecule has 6 nitrogen and oxygen atoms in total. The number of carbonyl (C=O) groups excluding carboxylic acids is 1. The van der Waals surface area contributed by atoms with Crippen molar-refractivity contribution in [1.29, 1.82) is 0 Å². The summed E-state index contributed by atoms with van der Waals surface area (Å²) in [5.74, 6) is 0.741. The SMILES string of the molecule is COCC(C)Nc1cccc(OCCNC(=O)OC(C)(C)C)c1. The maximum atomic E-state index is 11.5. The van der Waals surface area contributed by atoms with Gasteiger partial charge in [0.1, 0.15) is 18.0 Å². The van der Waals surface area contributed by atoms with E-state index in [0.717, 1.165) is 11.4 Å². The second-order valence-corrected chi connectivity index (χ2v) is 6.31. The summed E-state index contributed by atoms with van der Waals surface area (Å²) in [5.41, 5.74) is 0.469. The van der Waals surface area contributed by atoms with Crippen molar-refractivity contribution in [2.75, 3.05) is 32.2 Å². The molecule has 0 aromatic heterocycles. The Hall–Kier alpha value is -1.95. The van der Waals surface area contributed by atoms with Crippen LogP contribution in [-0.2, 0) is 9.47 Å². The third-order valence-corrected chi connectivity index (χ3v) is 2.70. The number of amides is 1. The topological polar surface area (TPSA) is 68.8 Å². The van der Waals surface area contributed by atoms with E-state index in [1.807, 2.05) is 52.0 Å². The largest absolute Gasteiger partial charge is 0.492 e. The average Bonchev–Trinajstić information content (AvgIpc) is 2.42. The van der Waals surface area contributed by atoms with Crippen LogP contribution in [0.3, 0.4) is 0 Å². The van der Waals surface area contributed by atoms with Crippen LogP contribution in [-0.4, -0.2) is 44.6 Å². The van der Waals surface area contributed by atoms with Crippen LogP contribution in [0.5, 0.6) is 5.75 Å². The van der Waals surface area contributed by atoms with Crippen molar-refractivity contribution in [2.45, 2.75) is 39.3 Å². The van der Waals surface area contributed by atoms with Gasteiger partial charge in [-0.3, -0.25) is 0 Å². The minimum Gasteiger partial charge on any atom is -0.492 e. The number of hydrogen-bond acceptors (Lipinski definition) is 5. The summed E-state index contributed by atoms with van der Waals surface area (Å²) in [4.78, 5) is 11.5. The molecule has 1 unspecified atom stereocenters. The van der Waals surface area contributed by atoms with Gasteiger partial charge in [0.2, 0.25) is 0 Å². The van der Waals surface area contributed by atoms with Gasteiger partial charge in [-0.15, -0.1) is 0 Å². The van der Waals surface area contributed by atoms with Crippen molar-refractivity contribution in [3.63, 3.8) is 0 Å². The van der Waals surface area contributed by atoms with E-state index in [0.29, 0.717) is 19.8 Å². The van der Waals surface area contributed by atoms with Gasteiger partial charge in [-0.05, 0) is 39.8 Å². The third kappa shape index (κ3) is 8.93. The van der Waals surface area contributed by atoms with Crippen molar-refractivity contribution in [3.8, 4) is 5.75 Å². The minimum absolute atomic E-state index is 0.212. The van der Waals surface area contributed by atoms with Crippen LogP contribution < -0.4 is 15.4 Å². The fourth-order valence-electron chi connectivity index (χ4n) is 1.89. The summed E-state index contributed by atoms with van der Waals surface area (Å²) < 4.78 is 15.9. The van der Waals surface area contributed by atoms with Gasteiger partial charge in [0.05, 0.1) is 13.2 Å². The molecular formula is C17H28N2O4. The smallest absolute Gasteiger partial charge is 0.407 e. The molecule has 0 spiro atoms. The van der Waals surface area contributed by atoms with Gasteiger partial charge in [-0.25, -0.2) is 4.79 Å². The molecule has 1 amide bonds. The molecule has 130 valence electrons. The molecular weight excluding hydrogens is 296 g/mol. The van der Waals surface area contributed by atoms with Gasteiger partial charge >= 0.3 is 6.09 Å². The molecule has 0 saturated heterocycles. The predicted molar refractivity (Wildman–Crippen MR) is 91.1 cm³/mol. The Morgan fingerprint density at radius 1 is 1.30 bits per heavy atom. The van der Waals surface area contributed by atoms with Crippen molar-refractivity contribution in [3.05, 3.63) is 24.3 Å². The number of hydrogen-bond donors (Lipinski definition) is 2. The Kier molecular flexibility index (Phi) is 7.68. The molecule has 1 aromatic rings. The molecule has 0 heterocycles. The third-order valence-electron chi connectivity index (χ3n) is 2.70. The van der Waals surface area contributed by atoms with Crippen LogP contribution in [0.1, 0.15) is 27.7 Å².